The fraction of sp³-hybridized carbons (Fsp3) is 0.500. The van der Waals surface area contributed by atoms with Gasteiger partial charge in [0.25, 0.3) is 5.91 Å². The zero-order valence-corrected chi connectivity index (χ0v) is 11.9. The molecule has 0 spiro atoms. The molecule has 0 aliphatic heterocycles. The minimum absolute atomic E-state index is 0.189. The van der Waals surface area contributed by atoms with Crippen LogP contribution in [-0.4, -0.2) is 44.1 Å². The van der Waals surface area contributed by atoms with E-state index in [1.807, 2.05) is 14.0 Å². The van der Waals surface area contributed by atoms with Gasteiger partial charge in [-0.05, 0) is 32.6 Å². The van der Waals surface area contributed by atoms with Crippen molar-refractivity contribution in [1.82, 2.24) is 10.2 Å². The molecule has 5 nitrogen and oxygen atoms in total. The summed E-state index contributed by atoms with van der Waals surface area (Å²) < 4.78 is 5.44. The molecule has 19 heavy (non-hydrogen) atoms. The first-order valence-corrected chi connectivity index (χ1v) is 6.58. The van der Waals surface area contributed by atoms with Crippen LogP contribution in [0.2, 0.25) is 0 Å². The van der Waals surface area contributed by atoms with Crippen molar-refractivity contribution in [2.75, 3.05) is 39.0 Å². The molecule has 0 aliphatic rings. The van der Waals surface area contributed by atoms with Gasteiger partial charge in [0.15, 0.2) is 0 Å². The Morgan fingerprint density at radius 3 is 2.79 bits per heavy atom. The van der Waals surface area contributed by atoms with Gasteiger partial charge in [-0.3, -0.25) is 4.79 Å². The topological polar surface area (TPSA) is 67.6 Å². The molecule has 1 rings (SSSR count). The van der Waals surface area contributed by atoms with E-state index >= 15 is 0 Å². The average Bonchev–Trinajstić information content (AvgIpc) is 2.38. The third-order valence-electron chi connectivity index (χ3n) is 2.90. The van der Waals surface area contributed by atoms with Crippen LogP contribution in [-0.2, 0) is 0 Å². The number of hydrogen-bond donors (Lipinski definition) is 2. The molecule has 5 heteroatoms. The lowest BCUT2D eigenvalue weighted by molar-refractivity contribution is 0.0947. The predicted molar refractivity (Wildman–Crippen MR) is 77.5 cm³/mol. The second-order valence-electron chi connectivity index (χ2n) is 4.31. The van der Waals surface area contributed by atoms with Crippen molar-refractivity contribution >= 4 is 11.6 Å². The summed E-state index contributed by atoms with van der Waals surface area (Å²) in [6.07, 6.45) is 0. The van der Waals surface area contributed by atoms with E-state index in [0.717, 1.165) is 13.1 Å². The molecule has 1 amide bonds. The number of benzene rings is 1. The van der Waals surface area contributed by atoms with Gasteiger partial charge in [-0.2, -0.15) is 0 Å². The van der Waals surface area contributed by atoms with Crippen LogP contribution in [0.4, 0.5) is 5.69 Å². The molecule has 1 aromatic rings. The Bertz CT molecular complexity index is 421. The summed E-state index contributed by atoms with van der Waals surface area (Å²) in [6, 6.07) is 5.24. The monoisotopic (exact) mass is 265 g/mol. The highest BCUT2D eigenvalue weighted by atomic mass is 16.5. The smallest absolute Gasteiger partial charge is 0.257 e. The molecule has 106 valence electrons. The van der Waals surface area contributed by atoms with E-state index in [4.69, 9.17) is 10.5 Å². The number of ether oxygens (including phenoxy) is 1. The zero-order chi connectivity index (χ0) is 14.3. The summed E-state index contributed by atoms with van der Waals surface area (Å²) >= 11 is 0. The normalized spacial score (nSPS) is 10.5. The van der Waals surface area contributed by atoms with Gasteiger partial charge in [-0.25, -0.2) is 0 Å². The molecular formula is C14H23N3O2. The van der Waals surface area contributed by atoms with E-state index in [1.165, 1.54) is 0 Å². The van der Waals surface area contributed by atoms with Gasteiger partial charge in [-0.1, -0.05) is 13.0 Å². The molecular weight excluding hydrogens is 242 g/mol. The third-order valence-corrected chi connectivity index (χ3v) is 2.90. The van der Waals surface area contributed by atoms with E-state index in [0.29, 0.717) is 30.2 Å². The van der Waals surface area contributed by atoms with E-state index in [1.54, 1.807) is 18.2 Å². The molecule has 0 bridgehead atoms. The highest BCUT2D eigenvalue weighted by Crippen LogP contribution is 2.24. The lowest BCUT2D eigenvalue weighted by Crippen LogP contribution is -2.33. The molecule has 0 heterocycles. The quantitative estimate of drug-likeness (QED) is 0.730. The number of nitrogens with zero attached hydrogens (tertiary/aromatic N) is 1. The van der Waals surface area contributed by atoms with Gasteiger partial charge in [0.2, 0.25) is 0 Å². The van der Waals surface area contributed by atoms with Crippen LogP contribution >= 0.6 is 0 Å². The highest BCUT2D eigenvalue weighted by molar-refractivity contribution is 6.01. The van der Waals surface area contributed by atoms with Gasteiger partial charge < -0.3 is 20.7 Å². The fourth-order valence-corrected chi connectivity index (χ4v) is 1.67. The summed E-state index contributed by atoms with van der Waals surface area (Å²) in [7, 11) is 2.01. The van der Waals surface area contributed by atoms with Crippen molar-refractivity contribution in [3.05, 3.63) is 23.8 Å². The SMILES string of the molecule is CCOc1cccc(N)c1C(=O)NCCN(C)CC. The highest BCUT2D eigenvalue weighted by Gasteiger charge is 2.15. The standard InChI is InChI=1S/C14H23N3O2/c1-4-17(3)10-9-16-14(18)13-11(15)7-6-8-12(13)19-5-2/h6-8H,4-5,9-10,15H2,1-3H3,(H,16,18). The van der Waals surface area contributed by atoms with Crippen LogP contribution in [0, 0.1) is 0 Å². The predicted octanol–water partition coefficient (Wildman–Crippen LogP) is 1.35. The van der Waals surface area contributed by atoms with Gasteiger partial charge in [-0.15, -0.1) is 0 Å². The van der Waals surface area contributed by atoms with E-state index in [-0.39, 0.29) is 5.91 Å². The number of carbonyl (C=O) groups is 1. The first-order chi connectivity index (χ1) is 9.10. The lowest BCUT2D eigenvalue weighted by atomic mass is 10.1. The van der Waals surface area contributed by atoms with E-state index < -0.39 is 0 Å². The fourth-order valence-electron chi connectivity index (χ4n) is 1.67. The number of nitrogen functional groups attached to an aromatic ring is 1. The van der Waals surface area contributed by atoms with Crippen LogP contribution in [0.1, 0.15) is 24.2 Å². The van der Waals surface area contributed by atoms with Gasteiger partial charge in [0.1, 0.15) is 11.3 Å². The number of amides is 1. The second-order valence-corrected chi connectivity index (χ2v) is 4.31. The average molecular weight is 265 g/mol. The van der Waals surface area contributed by atoms with Crippen molar-refractivity contribution in [3.63, 3.8) is 0 Å². The Hall–Kier alpha value is -1.75. The van der Waals surface area contributed by atoms with Gasteiger partial charge >= 0.3 is 0 Å². The minimum Gasteiger partial charge on any atom is -0.493 e. The van der Waals surface area contributed by atoms with Crippen molar-refractivity contribution in [1.29, 1.82) is 0 Å². The molecule has 0 fully saturated rings. The summed E-state index contributed by atoms with van der Waals surface area (Å²) in [5.74, 6) is 0.342. The Labute approximate surface area is 114 Å². The number of rotatable bonds is 7. The molecule has 1 aromatic carbocycles. The third kappa shape index (κ3) is 4.44. The number of nitrogens with one attached hydrogen (secondary N) is 1. The maximum Gasteiger partial charge on any atom is 0.257 e. The second kappa shape index (κ2) is 7.63. The summed E-state index contributed by atoms with van der Waals surface area (Å²) in [4.78, 5) is 14.3. The number of carbonyl (C=O) groups excluding carboxylic acids is 1. The molecule has 0 unspecified atom stereocenters. The maximum atomic E-state index is 12.1. The van der Waals surface area contributed by atoms with Crippen LogP contribution in [0.15, 0.2) is 18.2 Å². The number of nitrogens with two attached hydrogens (primary N) is 1. The van der Waals surface area contributed by atoms with Crippen LogP contribution in [0.5, 0.6) is 5.75 Å². The minimum atomic E-state index is -0.189. The summed E-state index contributed by atoms with van der Waals surface area (Å²) in [5.41, 5.74) is 6.72. The number of anilines is 1. The summed E-state index contributed by atoms with van der Waals surface area (Å²) in [6.45, 7) is 6.79. The van der Waals surface area contributed by atoms with Gasteiger partial charge in [0.05, 0.1) is 6.61 Å². The van der Waals surface area contributed by atoms with Crippen molar-refractivity contribution in [2.24, 2.45) is 0 Å². The van der Waals surface area contributed by atoms with Crippen LogP contribution in [0.3, 0.4) is 0 Å². The Balaban J connectivity index is 2.70. The van der Waals surface area contributed by atoms with E-state index in [9.17, 15) is 4.79 Å². The Morgan fingerprint density at radius 1 is 1.42 bits per heavy atom. The van der Waals surface area contributed by atoms with Gasteiger partial charge in [0, 0.05) is 18.8 Å². The Kier molecular flexibility index (Phi) is 6.15. The number of likely N-dealkylation sites (N-methyl/N-ethyl adjacent to an activating group) is 1. The van der Waals surface area contributed by atoms with Crippen LogP contribution in [0.25, 0.3) is 0 Å². The maximum absolute atomic E-state index is 12.1. The van der Waals surface area contributed by atoms with E-state index in [2.05, 4.69) is 17.1 Å². The molecule has 0 radical (unpaired) electrons. The molecule has 3 N–H and O–H groups in total. The molecule has 0 saturated heterocycles. The first-order valence-electron chi connectivity index (χ1n) is 6.58. The zero-order valence-electron chi connectivity index (χ0n) is 11.9. The summed E-state index contributed by atoms with van der Waals surface area (Å²) in [5, 5.41) is 2.86. The first kappa shape index (κ1) is 15.3. The largest absolute Gasteiger partial charge is 0.493 e. The van der Waals surface area contributed by atoms with Crippen LogP contribution < -0.4 is 15.8 Å². The number of hydrogen-bond acceptors (Lipinski definition) is 4. The lowest BCUT2D eigenvalue weighted by Gasteiger charge is -2.16. The molecule has 0 aromatic heterocycles. The van der Waals surface area contributed by atoms with Crippen molar-refractivity contribution in [2.45, 2.75) is 13.8 Å². The Morgan fingerprint density at radius 2 is 2.16 bits per heavy atom. The molecule has 0 atom stereocenters. The molecule has 0 aliphatic carbocycles. The van der Waals surface area contributed by atoms with Crippen molar-refractivity contribution in [3.8, 4) is 5.75 Å². The van der Waals surface area contributed by atoms with Crippen molar-refractivity contribution < 1.29 is 9.53 Å². The molecule has 0 saturated carbocycles.